The van der Waals surface area contributed by atoms with Crippen molar-refractivity contribution in [3.8, 4) is 0 Å². The second kappa shape index (κ2) is 8.94. The summed E-state index contributed by atoms with van der Waals surface area (Å²) in [4.78, 5) is 14.7. The molecule has 3 aromatic rings. The summed E-state index contributed by atoms with van der Waals surface area (Å²) in [5.74, 6) is 0.0382. The molecule has 0 aromatic heterocycles. The molecular formula is C25H26N2O3S. The van der Waals surface area contributed by atoms with E-state index in [1.807, 2.05) is 42.2 Å². The van der Waals surface area contributed by atoms with Crippen LogP contribution in [-0.4, -0.2) is 32.3 Å². The van der Waals surface area contributed by atoms with Gasteiger partial charge < -0.3 is 4.90 Å². The summed E-state index contributed by atoms with van der Waals surface area (Å²) in [6, 6.07) is 23.2. The van der Waals surface area contributed by atoms with Crippen LogP contribution in [0.15, 0.2) is 83.8 Å². The van der Waals surface area contributed by atoms with Gasteiger partial charge in [0.05, 0.1) is 17.1 Å². The Labute approximate surface area is 184 Å². The lowest BCUT2D eigenvalue weighted by molar-refractivity contribution is 0.0793. The van der Waals surface area contributed by atoms with E-state index in [1.54, 1.807) is 48.5 Å². The van der Waals surface area contributed by atoms with Gasteiger partial charge in [-0.15, -0.1) is 0 Å². The first kappa shape index (κ1) is 21.1. The number of hydrogen-bond donors (Lipinski definition) is 0. The van der Waals surface area contributed by atoms with Gasteiger partial charge in [-0.3, -0.25) is 9.10 Å². The molecule has 0 saturated carbocycles. The SMILES string of the molecule is Cc1ccc(S(=O)(=O)N(Cc2ccc(C(=O)N3CCCC3)cc2)c2ccccc2)cc1. The minimum Gasteiger partial charge on any atom is -0.339 e. The minimum atomic E-state index is -3.75. The van der Waals surface area contributed by atoms with Gasteiger partial charge in [0.2, 0.25) is 0 Å². The normalized spacial score (nSPS) is 13.9. The Hall–Kier alpha value is -3.12. The van der Waals surface area contributed by atoms with Crippen molar-refractivity contribution in [1.82, 2.24) is 4.90 Å². The Morgan fingerprint density at radius 3 is 2.10 bits per heavy atom. The number of carbonyl (C=O) groups excluding carboxylic acids is 1. The summed E-state index contributed by atoms with van der Waals surface area (Å²) in [5.41, 5.74) is 3.06. The molecule has 31 heavy (non-hydrogen) atoms. The van der Waals surface area contributed by atoms with E-state index in [-0.39, 0.29) is 17.3 Å². The topological polar surface area (TPSA) is 57.7 Å². The largest absolute Gasteiger partial charge is 0.339 e. The molecule has 1 amide bonds. The highest BCUT2D eigenvalue weighted by Crippen LogP contribution is 2.26. The molecule has 0 atom stereocenters. The van der Waals surface area contributed by atoms with Crippen LogP contribution in [0.1, 0.15) is 34.3 Å². The van der Waals surface area contributed by atoms with Crippen LogP contribution in [0.3, 0.4) is 0 Å². The summed E-state index contributed by atoms with van der Waals surface area (Å²) < 4.78 is 28.3. The molecule has 160 valence electrons. The summed E-state index contributed by atoms with van der Waals surface area (Å²) >= 11 is 0. The monoisotopic (exact) mass is 434 g/mol. The fraction of sp³-hybridized carbons (Fsp3) is 0.240. The molecule has 4 rings (SSSR count). The number of amides is 1. The predicted molar refractivity (Wildman–Crippen MR) is 123 cm³/mol. The van der Waals surface area contributed by atoms with Crippen molar-refractivity contribution >= 4 is 21.6 Å². The molecule has 0 aliphatic carbocycles. The lowest BCUT2D eigenvalue weighted by atomic mass is 10.1. The van der Waals surface area contributed by atoms with Crippen LogP contribution in [0.25, 0.3) is 0 Å². The lowest BCUT2D eigenvalue weighted by Gasteiger charge is -2.25. The number of carbonyl (C=O) groups is 1. The van der Waals surface area contributed by atoms with Crippen LogP contribution in [0.2, 0.25) is 0 Å². The molecule has 0 N–H and O–H groups in total. The van der Waals surface area contributed by atoms with Crippen LogP contribution in [-0.2, 0) is 16.6 Å². The first-order chi connectivity index (χ1) is 14.9. The summed E-state index contributed by atoms with van der Waals surface area (Å²) in [6.45, 7) is 3.71. The number of aryl methyl sites for hydroxylation is 1. The van der Waals surface area contributed by atoms with Gasteiger partial charge in [0, 0.05) is 18.7 Å². The Bertz CT molecular complexity index is 1140. The second-order valence-corrected chi connectivity index (χ2v) is 9.72. The van der Waals surface area contributed by atoms with Gasteiger partial charge in [-0.1, -0.05) is 48.0 Å². The molecule has 5 nitrogen and oxygen atoms in total. The maximum atomic E-state index is 13.5. The van der Waals surface area contributed by atoms with Crippen molar-refractivity contribution in [2.75, 3.05) is 17.4 Å². The van der Waals surface area contributed by atoms with Crippen molar-refractivity contribution in [2.24, 2.45) is 0 Å². The second-order valence-electron chi connectivity index (χ2n) is 7.86. The quantitative estimate of drug-likeness (QED) is 0.569. The molecule has 1 heterocycles. The smallest absolute Gasteiger partial charge is 0.264 e. The third-order valence-electron chi connectivity index (χ3n) is 5.57. The standard InChI is InChI=1S/C25H26N2O3S/c1-20-9-15-24(16-10-20)31(29,30)27(23-7-3-2-4-8-23)19-21-11-13-22(14-12-21)25(28)26-17-5-6-18-26/h2-4,7-16H,5-6,17-19H2,1H3. The van der Waals surface area contributed by atoms with Crippen molar-refractivity contribution < 1.29 is 13.2 Å². The molecular weight excluding hydrogens is 408 g/mol. The van der Waals surface area contributed by atoms with Crippen molar-refractivity contribution in [2.45, 2.75) is 31.2 Å². The number of hydrogen-bond acceptors (Lipinski definition) is 3. The van der Waals surface area contributed by atoms with Gasteiger partial charge in [0.15, 0.2) is 0 Å². The molecule has 1 fully saturated rings. The fourth-order valence-corrected chi connectivity index (χ4v) is 5.22. The molecule has 6 heteroatoms. The fourth-order valence-electron chi connectivity index (χ4n) is 3.77. The van der Waals surface area contributed by atoms with Crippen LogP contribution in [0.5, 0.6) is 0 Å². The lowest BCUT2D eigenvalue weighted by Crippen LogP contribution is -2.30. The van der Waals surface area contributed by atoms with Gasteiger partial charge in [0.1, 0.15) is 0 Å². The minimum absolute atomic E-state index is 0.0382. The molecule has 0 radical (unpaired) electrons. The first-order valence-electron chi connectivity index (χ1n) is 10.5. The maximum absolute atomic E-state index is 13.5. The van der Waals surface area contributed by atoms with Crippen LogP contribution >= 0.6 is 0 Å². The van der Waals surface area contributed by atoms with E-state index in [9.17, 15) is 13.2 Å². The highest BCUT2D eigenvalue weighted by atomic mass is 32.2. The summed E-state index contributed by atoms with van der Waals surface area (Å²) in [6.07, 6.45) is 2.10. The van der Waals surface area contributed by atoms with E-state index >= 15 is 0 Å². The Morgan fingerprint density at radius 1 is 0.871 bits per heavy atom. The van der Waals surface area contributed by atoms with Gasteiger partial charge >= 0.3 is 0 Å². The number of rotatable bonds is 6. The first-order valence-corrected chi connectivity index (χ1v) is 11.9. The average molecular weight is 435 g/mol. The van der Waals surface area contributed by atoms with Gasteiger partial charge in [0.25, 0.3) is 15.9 Å². The Morgan fingerprint density at radius 2 is 1.48 bits per heavy atom. The van der Waals surface area contributed by atoms with E-state index in [4.69, 9.17) is 0 Å². The zero-order chi connectivity index (χ0) is 21.8. The number of benzene rings is 3. The summed E-state index contributed by atoms with van der Waals surface area (Å²) in [7, 11) is -3.75. The van der Waals surface area contributed by atoms with Crippen LogP contribution < -0.4 is 4.31 Å². The van der Waals surface area contributed by atoms with E-state index in [1.165, 1.54) is 4.31 Å². The Kier molecular flexibility index (Phi) is 6.09. The Balaban J connectivity index is 1.62. The van der Waals surface area contributed by atoms with Gasteiger partial charge in [-0.05, 0) is 61.7 Å². The van der Waals surface area contributed by atoms with Crippen molar-refractivity contribution in [3.05, 3.63) is 95.6 Å². The van der Waals surface area contributed by atoms with E-state index in [2.05, 4.69) is 0 Å². The number of nitrogens with zero attached hydrogens (tertiary/aromatic N) is 2. The number of likely N-dealkylation sites (tertiary alicyclic amines) is 1. The zero-order valence-electron chi connectivity index (χ0n) is 17.6. The number of sulfonamides is 1. The van der Waals surface area contributed by atoms with Gasteiger partial charge in [-0.25, -0.2) is 8.42 Å². The van der Waals surface area contributed by atoms with Crippen LogP contribution in [0, 0.1) is 6.92 Å². The predicted octanol–water partition coefficient (Wildman–Crippen LogP) is 4.63. The third-order valence-corrected chi connectivity index (χ3v) is 7.36. The van der Waals surface area contributed by atoms with Gasteiger partial charge in [-0.2, -0.15) is 0 Å². The third kappa shape index (κ3) is 4.64. The highest BCUT2D eigenvalue weighted by Gasteiger charge is 2.25. The van der Waals surface area contributed by atoms with Crippen LogP contribution in [0.4, 0.5) is 5.69 Å². The molecule has 0 bridgehead atoms. The number of anilines is 1. The molecule has 0 spiro atoms. The molecule has 1 saturated heterocycles. The maximum Gasteiger partial charge on any atom is 0.264 e. The van der Waals surface area contributed by atoms with Crippen molar-refractivity contribution in [1.29, 1.82) is 0 Å². The molecule has 1 aliphatic heterocycles. The number of para-hydroxylation sites is 1. The van der Waals surface area contributed by atoms with Crippen molar-refractivity contribution in [3.63, 3.8) is 0 Å². The average Bonchev–Trinajstić information content (AvgIpc) is 3.33. The zero-order valence-corrected chi connectivity index (χ0v) is 18.4. The van der Waals surface area contributed by atoms with E-state index in [0.29, 0.717) is 11.3 Å². The molecule has 0 unspecified atom stereocenters. The highest BCUT2D eigenvalue weighted by molar-refractivity contribution is 7.92. The molecule has 1 aliphatic rings. The summed E-state index contributed by atoms with van der Waals surface area (Å²) in [5, 5.41) is 0. The van der Waals surface area contributed by atoms with E-state index < -0.39 is 10.0 Å². The van der Waals surface area contributed by atoms with E-state index in [0.717, 1.165) is 37.1 Å². The molecule has 3 aromatic carbocycles.